The maximum Gasteiger partial charge on any atom is 0.317 e. The first-order chi connectivity index (χ1) is 13.1. The van der Waals surface area contributed by atoms with Crippen LogP contribution in [0.5, 0.6) is 0 Å². The number of piperazine rings is 1. The van der Waals surface area contributed by atoms with Crippen molar-refractivity contribution in [2.45, 2.75) is 18.3 Å². The number of anilines is 1. The maximum atomic E-state index is 13.9. The molecule has 27 heavy (non-hydrogen) atoms. The molecule has 4 nitrogen and oxygen atoms in total. The smallest absolute Gasteiger partial charge is 0.317 e. The molecule has 4 rings (SSSR count). The number of para-hydroxylation sites is 1. The van der Waals surface area contributed by atoms with E-state index >= 15 is 0 Å². The summed E-state index contributed by atoms with van der Waals surface area (Å²) in [5.41, 5.74) is 1.61. The van der Waals surface area contributed by atoms with Gasteiger partial charge in [-0.2, -0.15) is 0 Å². The zero-order valence-electron chi connectivity index (χ0n) is 15.1. The number of carbonyl (C=O) groups excluding carboxylic acids is 1. The number of hydrogen-bond donors (Lipinski definition) is 1. The molecule has 0 aromatic heterocycles. The van der Waals surface area contributed by atoms with Gasteiger partial charge in [0.25, 0.3) is 0 Å². The average Bonchev–Trinajstić information content (AvgIpc) is 3.48. The quantitative estimate of drug-likeness (QED) is 0.893. The average molecular weight is 371 g/mol. The molecule has 1 N–H and O–H groups in total. The number of nitrogens with zero attached hydrogens (tertiary/aromatic N) is 2. The highest BCUT2D eigenvalue weighted by molar-refractivity contribution is 5.75. The van der Waals surface area contributed by atoms with Gasteiger partial charge in [0, 0.05) is 38.1 Å². The van der Waals surface area contributed by atoms with Gasteiger partial charge in [0.15, 0.2) is 0 Å². The van der Waals surface area contributed by atoms with Crippen LogP contribution in [0.4, 0.5) is 19.3 Å². The number of benzene rings is 2. The van der Waals surface area contributed by atoms with Gasteiger partial charge in [-0.1, -0.05) is 24.3 Å². The number of urea groups is 1. The predicted octanol–water partition coefficient (Wildman–Crippen LogP) is 3.53. The molecule has 2 aromatic carbocycles. The number of hydrogen-bond acceptors (Lipinski definition) is 2. The van der Waals surface area contributed by atoms with Crippen LogP contribution >= 0.6 is 0 Å². The molecule has 1 aliphatic carbocycles. The van der Waals surface area contributed by atoms with Gasteiger partial charge < -0.3 is 15.1 Å². The summed E-state index contributed by atoms with van der Waals surface area (Å²) >= 11 is 0. The van der Waals surface area contributed by atoms with E-state index in [1.54, 1.807) is 17.0 Å². The molecule has 6 heteroatoms. The summed E-state index contributed by atoms with van der Waals surface area (Å²) in [6, 6.07) is 13.2. The second-order valence-corrected chi connectivity index (χ2v) is 7.37. The lowest BCUT2D eigenvalue weighted by Crippen LogP contribution is -2.52. The van der Waals surface area contributed by atoms with E-state index in [0.717, 1.165) is 18.4 Å². The zero-order chi connectivity index (χ0) is 18.9. The van der Waals surface area contributed by atoms with Crippen LogP contribution in [0.25, 0.3) is 0 Å². The topological polar surface area (TPSA) is 35.6 Å². The van der Waals surface area contributed by atoms with E-state index in [1.807, 2.05) is 23.1 Å². The van der Waals surface area contributed by atoms with Crippen LogP contribution in [0.3, 0.4) is 0 Å². The highest BCUT2D eigenvalue weighted by Crippen LogP contribution is 2.47. The molecule has 0 spiro atoms. The normalized spacial score (nSPS) is 18.3. The highest BCUT2D eigenvalue weighted by atomic mass is 19.1. The third-order valence-corrected chi connectivity index (χ3v) is 5.65. The number of rotatable bonds is 4. The van der Waals surface area contributed by atoms with Gasteiger partial charge in [0.2, 0.25) is 0 Å². The maximum absolute atomic E-state index is 13.9. The predicted molar refractivity (Wildman–Crippen MR) is 101 cm³/mol. The number of amides is 2. The van der Waals surface area contributed by atoms with Crippen molar-refractivity contribution >= 4 is 11.7 Å². The van der Waals surface area contributed by atoms with Crippen molar-refractivity contribution in [1.29, 1.82) is 0 Å². The van der Waals surface area contributed by atoms with Crippen molar-refractivity contribution in [1.82, 2.24) is 10.2 Å². The molecular formula is C21H23F2N3O. The molecule has 1 saturated heterocycles. The van der Waals surface area contributed by atoms with Gasteiger partial charge in [-0.15, -0.1) is 0 Å². The van der Waals surface area contributed by atoms with E-state index < -0.39 is 0 Å². The van der Waals surface area contributed by atoms with E-state index in [1.165, 1.54) is 18.2 Å². The first kappa shape index (κ1) is 17.8. The third-order valence-electron chi connectivity index (χ3n) is 5.65. The summed E-state index contributed by atoms with van der Waals surface area (Å²) in [6.45, 7) is 2.90. The largest absolute Gasteiger partial charge is 0.366 e. The van der Waals surface area contributed by atoms with E-state index in [2.05, 4.69) is 5.32 Å². The Hall–Kier alpha value is -2.63. The molecule has 1 saturated carbocycles. The van der Waals surface area contributed by atoms with E-state index in [4.69, 9.17) is 0 Å². The first-order valence-corrected chi connectivity index (χ1v) is 9.36. The Kier molecular flexibility index (Phi) is 4.72. The molecule has 1 heterocycles. The summed E-state index contributed by atoms with van der Waals surface area (Å²) < 4.78 is 27.0. The second kappa shape index (κ2) is 7.18. The molecular weight excluding hydrogens is 348 g/mol. The van der Waals surface area contributed by atoms with Gasteiger partial charge in [-0.3, -0.25) is 0 Å². The minimum absolute atomic E-state index is 0.0572. The van der Waals surface area contributed by atoms with Gasteiger partial charge >= 0.3 is 6.03 Å². The Balaban J connectivity index is 1.30. The molecule has 0 radical (unpaired) electrons. The SMILES string of the molecule is O=C(NCC1(c2ccc(F)cc2)CC1)N1CCN(c2ccccc2F)CC1. The minimum atomic E-state index is -0.244. The lowest BCUT2D eigenvalue weighted by molar-refractivity contribution is 0.193. The van der Waals surface area contributed by atoms with Crippen LogP contribution in [0, 0.1) is 11.6 Å². The molecule has 0 unspecified atom stereocenters. The van der Waals surface area contributed by atoms with Crippen LogP contribution in [0.1, 0.15) is 18.4 Å². The Morgan fingerprint density at radius 1 is 0.963 bits per heavy atom. The summed E-state index contributed by atoms with van der Waals surface area (Å²) in [5, 5.41) is 3.03. The van der Waals surface area contributed by atoms with Crippen molar-refractivity contribution in [3.05, 3.63) is 65.7 Å². The van der Waals surface area contributed by atoms with Crippen molar-refractivity contribution in [3.8, 4) is 0 Å². The molecule has 0 atom stereocenters. The molecule has 2 amide bonds. The Labute approximate surface area is 157 Å². The molecule has 142 valence electrons. The highest BCUT2D eigenvalue weighted by Gasteiger charge is 2.44. The fraction of sp³-hybridized carbons (Fsp3) is 0.381. The fourth-order valence-corrected chi connectivity index (χ4v) is 3.74. The van der Waals surface area contributed by atoms with Gasteiger partial charge in [0.05, 0.1) is 5.69 Å². The Morgan fingerprint density at radius 3 is 2.26 bits per heavy atom. The van der Waals surface area contributed by atoms with E-state index in [9.17, 15) is 13.6 Å². The lowest BCUT2D eigenvalue weighted by atomic mass is 9.96. The lowest BCUT2D eigenvalue weighted by Gasteiger charge is -2.36. The monoisotopic (exact) mass is 371 g/mol. The number of nitrogens with one attached hydrogen (secondary N) is 1. The second-order valence-electron chi connectivity index (χ2n) is 7.37. The van der Waals surface area contributed by atoms with Gasteiger partial charge in [-0.05, 0) is 42.7 Å². The van der Waals surface area contributed by atoms with Crippen molar-refractivity contribution < 1.29 is 13.6 Å². The summed E-state index contributed by atoms with van der Waals surface area (Å²) in [6.07, 6.45) is 2.00. The Morgan fingerprint density at radius 2 is 1.63 bits per heavy atom. The molecule has 0 bridgehead atoms. The van der Waals surface area contributed by atoms with Gasteiger partial charge in [0.1, 0.15) is 11.6 Å². The molecule has 2 aromatic rings. The van der Waals surface area contributed by atoms with Crippen LogP contribution in [-0.2, 0) is 5.41 Å². The zero-order valence-corrected chi connectivity index (χ0v) is 15.1. The van der Waals surface area contributed by atoms with E-state index in [-0.39, 0.29) is 23.1 Å². The van der Waals surface area contributed by atoms with Crippen LogP contribution in [0.2, 0.25) is 0 Å². The molecule has 2 aliphatic rings. The minimum Gasteiger partial charge on any atom is -0.366 e. The first-order valence-electron chi connectivity index (χ1n) is 9.36. The third kappa shape index (κ3) is 3.75. The van der Waals surface area contributed by atoms with Crippen LogP contribution in [-0.4, -0.2) is 43.7 Å². The van der Waals surface area contributed by atoms with E-state index in [0.29, 0.717) is 38.4 Å². The molecule has 2 fully saturated rings. The summed E-state index contributed by atoms with van der Waals surface area (Å²) in [5.74, 6) is -0.475. The number of carbonyl (C=O) groups is 1. The fourth-order valence-electron chi connectivity index (χ4n) is 3.74. The molecule has 1 aliphatic heterocycles. The standard InChI is InChI=1S/C21H23F2N3O/c22-17-7-5-16(6-8-17)21(9-10-21)15-24-20(27)26-13-11-25(12-14-26)19-4-2-1-3-18(19)23/h1-8H,9-15H2,(H,24,27). The van der Waals surface area contributed by atoms with Gasteiger partial charge in [-0.25, -0.2) is 13.6 Å². The Bertz CT molecular complexity index is 812. The van der Waals surface area contributed by atoms with Crippen LogP contribution < -0.4 is 10.2 Å². The van der Waals surface area contributed by atoms with Crippen molar-refractivity contribution in [3.63, 3.8) is 0 Å². The summed E-state index contributed by atoms with van der Waals surface area (Å²) in [7, 11) is 0. The van der Waals surface area contributed by atoms with Crippen molar-refractivity contribution in [2.75, 3.05) is 37.6 Å². The number of halogens is 2. The van der Waals surface area contributed by atoms with Crippen LogP contribution in [0.15, 0.2) is 48.5 Å². The summed E-state index contributed by atoms with van der Waals surface area (Å²) in [4.78, 5) is 16.3. The van der Waals surface area contributed by atoms with Crippen molar-refractivity contribution in [2.24, 2.45) is 0 Å².